The van der Waals surface area contributed by atoms with Gasteiger partial charge in [0.25, 0.3) is 0 Å². The number of rotatable bonds is 8. The van der Waals surface area contributed by atoms with Crippen LogP contribution in [0, 0.1) is 6.92 Å². The maximum absolute atomic E-state index is 13.2. The normalized spacial score (nSPS) is 15.4. The lowest BCUT2D eigenvalue weighted by Gasteiger charge is -2.27. The second-order valence-electron chi connectivity index (χ2n) is 8.55. The molecule has 2 N–H and O–H groups in total. The molecule has 34 heavy (non-hydrogen) atoms. The molecule has 4 rings (SSSR count). The van der Waals surface area contributed by atoms with E-state index in [2.05, 4.69) is 15.6 Å². The molecular formula is C24H30N4O5S. The molecule has 2 aromatic rings. The van der Waals surface area contributed by atoms with Gasteiger partial charge < -0.3 is 25.0 Å². The minimum Gasteiger partial charge on any atom is -0.486 e. The van der Waals surface area contributed by atoms with Crippen LogP contribution in [0.2, 0.25) is 0 Å². The number of thiazole rings is 1. The lowest BCUT2D eigenvalue weighted by atomic mass is 9.95. The van der Waals surface area contributed by atoms with E-state index in [9.17, 15) is 14.4 Å². The smallest absolute Gasteiger partial charge is 0.240 e. The highest BCUT2D eigenvalue weighted by molar-refractivity contribution is 7.13. The molecule has 0 atom stereocenters. The van der Waals surface area contributed by atoms with Crippen molar-refractivity contribution < 1.29 is 23.9 Å². The zero-order chi connectivity index (χ0) is 23.9. The van der Waals surface area contributed by atoms with E-state index >= 15 is 0 Å². The Balaban J connectivity index is 1.43. The minimum atomic E-state index is -0.319. The molecule has 2 aliphatic rings. The van der Waals surface area contributed by atoms with Crippen molar-refractivity contribution in [3.63, 3.8) is 0 Å². The summed E-state index contributed by atoms with van der Waals surface area (Å²) in [4.78, 5) is 44.0. The number of amides is 3. The van der Waals surface area contributed by atoms with Crippen molar-refractivity contribution in [3.05, 3.63) is 29.3 Å². The molecule has 1 aliphatic heterocycles. The van der Waals surface area contributed by atoms with E-state index in [1.807, 2.05) is 12.3 Å². The van der Waals surface area contributed by atoms with Crippen molar-refractivity contribution in [2.24, 2.45) is 0 Å². The van der Waals surface area contributed by atoms with E-state index in [-0.39, 0.29) is 43.1 Å². The molecule has 9 nitrogen and oxygen atoms in total. The Labute approximate surface area is 202 Å². The fraction of sp³-hybridized carbons (Fsp3) is 0.500. The summed E-state index contributed by atoms with van der Waals surface area (Å²) in [5, 5.41) is 8.12. The number of fused-ring (bicyclic) bond motifs is 1. The van der Waals surface area contributed by atoms with Gasteiger partial charge in [-0.05, 0) is 31.9 Å². The van der Waals surface area contributed by atoms with Crippen LogP contribution in [0.15, 0.2) is 23.6 Å². The van der Waals surface area contributed by atoms with E-state index in [0.29, 0.717) is 35.5 Å². The number of nitrogens with zero attached hydrogens (tertiary/aromatic N) is 2. The van der Waals surface area contributed by atoms with Gasteiger partial charge in [0, 0.05) is 36.0 Å². The first kappa shape index (κ1) is 24.0. The van der Waals surface area contributed by atoms with Gasteiger partial charge in [-0.1, -0.05) is 19.3 Å². The lowest BCUT2D eigenvalue weighted by Crippen LogP contribution is -2.45. The number of aryl methyl sites for hydroxylation is 1. The highest BCUT2D eigenvalue weighted by Crippen LogP contribution is 2.34. The van der Waals surface area contributed by atoms with Crippen LogP contribution >= 0.6 is 11.3 Å². The fourth-order valence-electron chi connectivity index (χ4n) is 4.14. The van der Waals surface area contributed by atoms with E-state index in [1.165, 1.54) is 22.7 Å². The van der Waals surface area contributed by atoms with Crippen molar-refractivity contribution >= 4 is 39.9 Å². The number of anilines is 2. The molecule has 0 unspecified atom stereocenters. The van der Waals surface area contributed by atoms with Gasteiger partial charge in [-0.25, -0.2) is 4.98 Å². The van der Waals surface area contributed by atoms with Crippen LogP contribution in [0.1, 0.15) is 50.6 Å². The fourth-order valence-corrected chi connectivity index (χ4v) is 4.84. The van der Waals surface area contributed by atoms with Gasteiger partial charge in [-0.3, -0.25) is 14.4 Å². The molecule has 2 heterocycles. The van der Waals surface area contributed by atoms with Gasteiger partial charge in [0.05, 0.1) is 5.69 Å². The Morgan fingerprint density at radius 1 is 1.06 bits per heavy atom. The number of benzene rings is 1. The third-order valence-electron chi connectivity index (χ3n) is 5.84. The Hall–Kier alpha value is -3.14. The molecule has 0 radical (unpaired) electrons. The topological polar surface area (TPSA) is 110 Å². The lowest BCUT2D eigenvalue weighted by molar-refractivity contribution is -0.125. The van der Waals surface area contributed by atoms with Crippen molar-refractivity contribution in [1.29, 1.82) is 0 Å². The molecule has 0 saturated heterocycles. The summed E-state index contributed by atoms with van der Waals surface area (Å²) < 4.78 is 11.2. The molecule has 1 saturated carbocycles. The molecule has 182 valence electrons. The molecule has 0 spiro atoms. The first-order valence-corrected chi connectivity index (χ1v) is 12.6. The maximum Gasteiger partial charge on any atom is 0.240 e. The van der Waals surface area contributed by atoms with Gasteiger partial charge in [-0.2, -0.15) is 0 Å². The Bertz CT molecular complexity index is 1030. The van der Waals surface area contributed by atoms with Crippen molar-refractivity contribution in [3.8, 4) is 11.5 Å². The summed E-state index contributed by atoms with van der Waals surface area (Å²) in [5.41, 5.74) is 1.36. The average molecular weight is 487 g/mol. The van der Waals surface area contributed by atoms with Crippen LogP contribution in [0.4, 0.5) is 10.8 Å². The third kappa shape index (κ3) is 6.47. The summed E-state index contributed by atoms with van der Waals surface area (Å²) in [6, 6.07) is 5.32. The van der Waals surface area contributed by atoms with Crippen LogP contribution < -0.4 is 25.0 Å². The minimum absolute atomic E-state index is 0.0112. The highest BCUT2D eigenvalue weighted by atomic mass is 32.1. The van der Waals surface area contributed by atoms with Crippen LogP contribution in [-0.2, 0) is 14.4 Å². The number of carbonyl (C=O) groups excluding carboxylic acids is 3. The predicted octanol–water partition coefficient (Wildman–Crippen LogP) is 3.42. The van der Waals surface area contributed by atoms with Crippen LogP contribution in [0.25, 0.3) is 0 Å². The molecule has 1 aliphatic carbocycles. The van der Waals surface area contributed by atoms with E-state index in [1.54, 1.807) is 18.2 Å². The first-order chi connectivity index (χ1) is 16.5. The summed E-state index contributed by atoms with van der Waals surface area (Å²) >= 11 is 1.34. The third-order valence-corrected chi connectivity index (χ3v) is 6.72. The van der Waals surface area contributed by atoms with Gasteiger partial charge in [0.1, 0.15) is 19.8 Å². The zero-order valence-corrected chi connectivity index (χ0v) is 20.1. The number of ether oxygens (including phenoxy) is 2. The van der Waals surface area contributed by atoms with E-state index in [0.717, 1.165) is 31.4 Å². The average Bonchev–Trinajstić information content (AvgIpc) is 3.25. The Morgan fingerprint density at radius 3 is 2.56 bits per heavy atom. The molecule has 3 amide bonds. The highest BCUT2D eigenvalue weighted by Gasteiger charge is 2.24. The largest absolute Gasteiger partial charge is 0.486 e. The van der Waals surface area contributed by atoms with E-state index < -0.39 is 0 Å². The summed E-state index contributed by atoms with van der Waals surface area (Å²) in [6.07, 6.45) is 5.26. The van der Waals surface area contributed by atoms with Crippen molar-refractivity contribution in [2.75, 3.05) is 30.0 Å². The van der Waals surface area contributed by atoms with Gasteiger partial charge in [-0.15, -0.1) is 11.3 Å². The molecule has 1 aromatic heterocycles. The molecule has 1 aromatic carbocycles. The number of aromatic nitrogens is 1. The zero-order valence-electron chi connectivity index (χ0n) is 19.3. The van der Waals surface area contributed by atoms with Gasteiger partial charge in [0.15, 0.2) is 16.6 Å². The van der Waals surface area contributed by atoms with Crippen molar-refractivity contribution in [1.82, 2.24) is 10.3 Å². The summed E-state index contributed by atoms with van der Waals surface area (Å²) in [6.45, 7) is 2.61. The van der Waals surface area contributed by atoms with Crippen LogP contribution in [0.5, 0.6) is 11.5 Å². The molecule has 10 heteroatoms. The number of hydrogen-bond acceptors (Lipinski definition) is 7. The number of nitrogens with one attached hydrogen (secondary N) is 2. The van der Waals surface area contributed by atoms with Crippen LogP contribution in [-0.4, -0.2) is 48.5 Å². The van der Waals surface area contributed by atoms with Gasteiger partial charge >= 0.3 is 0 Å². The van der Waals surface area contributed by atoms with Gasteiger partial charge in [0.2, 0.25) is 17.7 Å². The molecular weight excluding hydrogens is 456 g/mol. The van der Waals surface area contributed by atoms with Crippen LogP contribution in [0.3, 0.4) is 0 Å². The summed E-state index contributed by atoms with van der Waals surface area (Å²) in [7, 11) is 0. The first-order valence-electron chi connectivity index (χ1n) is 11.7. The molecule has 0 bridgehead atoms. The SMILES string of the molecule is Cc1csc(NC(=O)CCC(=O)N(CC(=O)NC2CCCCC2)c2ccc3c(c2)OCCO3)n1. The number of carbonyl (C=O) groups is 3. The Kier molecular flexibility index (Phi) is 7.99. The van der Waals surface area contributed by atoms with E-state index in [4.69, 9.17) is 9.47 Å². The maximum atomic E-state index is 13.2. The predicted molar refractivity (Wildman–Crippen MR) is 130 cm³/mol. The standard InChI is InChI=1S/C24H30N4O5S/c1-16-15-34-24(25-16)27-21(29)9-10-23(31)28(14-22(30)26-17-5-3-2-4-6-17)18-7-8-19-20(13-18)33-12-11-32-19/h7-8,13,15,17H,2-6,9-12,14H2,1H3,(H,26,30)(H,25,27,29). The second-order valence-corrected chi connectivity index (χ2v) is 9.41. The Morgan fingerprint density at radius 2 is 1.82 bits per heavy atom. The monoisotopic (exact) mass is 486 g/mol. The van der Waals surface area contributed by atoms with Crippen molar-refractivity contribution in [2.45, 2.75) is 57.9 Å². The molecule has 1 fully saturated rings. The second kappa shape index (κ2) is 11.3. The summed E-state index contributed by atoms with van der Waals surface area (Å²) in [5.74, 6) is 0.313. The number of hydrogen-bond donors (Lipinski definition) is 2. The quantitative estimate of drug-likeness (QED) is 0.592.